The van der Waals surface area contributed by atoms with Gasteiger partial charge in [-0.2, -0.15) is 5.10 Å². The lowest BCUT2D eigenvalue weighted by molar-refractivity contribution is 1.04. The second-order valence-electron chi connectivity index (χ2n) is 2.29. The first-order valence-electron chi connectivity index (χ1n) is 3.56. The van der Waals surface area contributed by atoms with Gasteiger partial charge in [-0.05, 0) is 18.3 Å². The normalized spacial score (nSPS) is 10.2. The summed E-state index contributed by atoms with van der Waals surface area (Å²) in [5.74, 6) is 0. The number of nitrogens with one attached hydrogen (secondary N) is 1. The Hall–Kier alpha value is -1.07. The first kappa shape index (κ1) is 10.0. The minimum atomic E-state index is 0.146. The van der Waals surface area contributed by atoms with Gasteiger partial charge in [0.15, 0.2) is 5.11 Å². The number of nitrogens with zero attached hydrogens (tertiary/aromatic N) is 1. The molecule has 0 saturated carbocycles. The highest BCUT2D eigenvalue weighted by atomic mass is 32.1. The van der Waals surface area contributed by atoms with Crippen LogP contribution in [0, 0.1) is 0 Å². The van der Waals surface area contributed by atoms with Gasteiger partial charge in [0.1, 0.15) is 0 Å². The molecule has 5 heteroatoms. The molecule has 0 radical (unpaired) electrons. The third-order valence-corrected chi connectivity index (χ3v) is 1.81. The summed E-state index contributed by atoms with van der Waals surface area (Å²) >= 11 is 8.82. The van der Waals surface area contributed by atoms with E-state index in [4.69, 9.17) is 5.73 Å². The van der Waals surface area contributed by atoms with Crippen molar-refractivity contribution in [1.82, 2.24) is 5.43 Å². The zero-order valence-electron chi connectivity index (χ0n) is 6.77. The van der Waals surface area contributed by atoms with E-state index in [1.165, 1.54) is 0 Å². The van der Waals surface area contributed by atoms with Gasteiger partial charge in [0, 0.05) is 10.5 Å². The second-order valence-corrected chi connectivity index (χ2v) is 3.21. The number of benzene rings is 1. The van der Waals surface area contributed by atoms with Crippen LogP contribution in [0.15, 0.2) is 34.3 Å². The van der Waals surface area contributed by atoms with E-state index in [-0.39, 0.29) is 5.11 Å². The Morgan fingerprint density at radius 1 is 1.54 bits per heavy atom. The van der Waals surface area contributed by atoms with Gasteiger partial charge in [0.25, 0.3) is 0 Å². The highest BCUT2D eigenvalue weighted by Crippen LogP contribution is 2.09. The molecule has 1 rings (SSSR count). The third-order valence-electron chi connectivity index (χ3n) is 1.32. The molecule has 0 atom stereocenters. The summed E-state index contributed by atoms with van der Waals surface area (Å²) in [7, 11) is 0. The molecule has 0 bridgehead atoms. The van der Waals surface area contributed by atoms with Crippen LogP contribution in [-0.2, 0) is 0 Å². The number of hydrogen-bond acceptors (Lipinski definition) is 3. The molecule has 1 aromatic carbocycles. The molecule has 0 aliphatic carbocycles. The molecule has 1 aromatic rings. The summed E-state index contributed by atoms with van der Waals surface area (Å²) in [5, 5.41) is 3.96. The van der Waals surface area contributed by atoms with Gasteiger partial charge >= 0.3 is 0 Å². The van der Waals surface area contributed by atoms with Crippen molar-refractivity contribution < 1.29 is 0 Å². The van der Waals surface area contributed by atoms with Crippen molar-refractivity contribution in [3.63, 3.8) is 0 Å². The highest BCUT2D eigenvalue weighted by molar-refractivity contribution is 7.80. The first-order chi connectivity index (χ1) is 6.20. The summed E-state index contributed by atoms with van der Waals surface area (Å²) < 4.78 is 0. The third kappa shape index (κ3) is 3.43. The van der Waals surface area contributed by atoms with Crippen LogP contribution < -0.4 is 11.2 Å². The molecule has 13 heavy (non-hydrogen) atoms. The van der Waals surface area contributed by atoms with E-state index in [1.807, 2.05) is 24.3 Å². The Labute approximate surface area is 87.4 Å². The van der Waals surface area contributed by atoms with E-state index >= 15 is 0 Å². The molecular formula is C8H9N3S2. The maximum absolute atomic E-state index is 5.18. The van der Waals surface area contributed by atoms with Crippen LogP contribution in [-0.4, -0.2) is 11.3 Å². The fourth-order valence-corrected chi connectivity index (χ4v) is 1.03. The summed E-state index contributed by atoms with van der Waals surface area (Å²) in [5.41, 5.74) is 8.56. The van der Waals surface area contributed by atoms with Crippen molar-refractivity contribution in [3.8, 4) is 0 Å². The number of thiol groups is 1. The molecule has 3 nitrogen and oxygen atoms in total. The number of rotatable bonds is 2. The van der Waals surface area contributed by atoms with E-state index in [2.05, 4.69) is 35.4 Å². The molecule has 68 valence electrons. The average Bonchev–Trinajstić information content (AvgIpc) is 2.08. The van der Waals surface area contributed by atoms with Crippen molar-refractivity contribution in [2.75, 3.05) is 0 Å². The Morgan fingerprint density at radius 2 is 2.23 bits per heavy atom. The van der Waals surface area contributed by atoms with Crippen molar-refractivity contribution >= 4 is 36.2 Å². The molecule has 0 aliphatic heterocycles. The Bertz CT molecular complexity index is 336. The van der Waals surface area contributed by atoms with Crippen LogP contribution in [0.5, 0.6) is 0 Å². The van der Waals surface area contributed by atoms with Crippen LogP contribution in [0.25, 0.3) is 0 Å². The second kappa shape index (κ2) is 4.84. The topological polar surface area (TPSA) is 50.4 Å². The van der Waals surface area contributed by atoms with E-state index in [9.17, 15) is 0 Å². The SMILES string of the molecule is NC(=S)N/N=C/c1ccccc1S. The van der Waals surface area contributed by atoms with Crippen molar-refractivity contribution in [1.29, 1.82) is 0 Å². The Balaban J connectivity index is 2.68. The predicted octanol–water partition coefficient (Wildman–Crippen LogP) is 1.14. The number of hydrogen-bond donors (Lipinski definition) is 3. The van der Waals surface area contributed by atoms with Gasteiger partial charge in [0.2, 0.25) is 0 Å². The molecule has 0 aliphatic rings. The molecule has 0 unspecified atom stereocenters. The van der Waals surface area contributed by atoms with Crippen LogP contribution >= 0.6 is 24.8 Å². The van der Waals surface area contributed by atoms with Crippen LogP contribution in [0.3, 0.4) is 0 Å². The quantitative estimate of drug-likeness (QED) is 0.298. The van der Waals surface area contributed by atoms with Crippen LogP contribution in [0.4, 0.5) is 0 Å². The predicted molar refractivity (Wildman–Crippen MR) is 61.2 cm³/mol. The summed E-state index contributed by atoms with van der Waals surface area (Å²) in [6, 6.07) is 7.58. The van der Waals surface area contributed by atoms with Gasteiger partial charge in [0.05, 0.1) is 6.21 Å². The van der Waals surface area contributed by atoms with Crippen molar-refractivity contribution in [2.45, 2.75) is 4.90 Å². The molecule has 0 saturated heterocycles. The molecular weight excluding hydrogens is 202 g/mol. The number of hydrazone groups is 1. The molecule has 0 amide bonds. The lowest BCUT2D eigenvalue weighted by Gasteiger charge is -1.97. The summed E-state index contributed by atoms with van der Waals surface area (Å²) in [4.78, 5) is 0.857. The molecule has 0 heterocycles. The minimum absolute atomic E-state index is 0.146. The zero-order chi connectivity index (χ0) is 9.68. The van der Waals surface area contributed by atoms with Gasteiger partial charge in [-0.15, -0.1) is 12.6 Å². The molecule has 0 spiro atoms. The van der Waals surface area contributed by atoms with Gasteiger partial charge in [-0.3, -0.25) is 5.43 Å². The minimum Gasteiger partial charge on any atom is -0.375 e. The first-order valence-corrected chi connectivity index (χ1v) is 4.42. The maximum atomic E-state index is 5.18. The Kier molecular flexibility index (Phi) is 3.72. The number of nitrogens with two attached hydrogens (primary N) is 1. The lowest BCUT2D eigenvalue weighted by atomic mass is 10.2. The van der Waals surface area contributed by atoms with Crippen molar-refractivity contribution in [3.05, 3.63) is 29.8 Å². The largest absolute Gasteiger partial charge is 0.375 e. The van der Waals surface area contributed by atoms with Gasteiger partial charge in [-0.25, -0.2) is 0 Å². The number of thiocarbonyl (C=S) groups is 1. The van der Waals surface area contributed by atoms with Crippen molar-refractivity contribution in [2.24, 2.45) is 10.8 Å². The monoisotopic (exact) mass is 211 g/mol. The fourth-order valence-electron chi connectivity index (χ4n) is 0.762. The standard InChI is InChI=1S/C8H9N3S2/c9-8(13)11-10-5-6-3-1-2-4-7(6)12/h1-5,12H,(H3,9,11,13)/b10-5+. The maximum Gasteiger partial charge on any atom is 0.184 e. The highest BCUT2D eigenvalue weighted by Gasteiger charge is 1.91. The van der Waals surface area contributed by atoms with E-state index in [1.54, 1.807) is 6.21 Å². The van der Waals surface area contributed by atoms with E-state index in [0.717, 1.165) is 10.5 Å². The smallest absolute Gasteiger partial charge is 0.184 e. The fraction of sp³-hybridized carbons (Fsp3) is 0. The summed E-state index contributed by atoms with van der Waals surface area (Å²) in [6.45, 7) is 0. The average molecular weight is 211 g/mol. The lowest BCUT2D eigenvalue weighted by Crippen LogP contribution is -2.24. The van der Waals surface area contributed by atoms with Crippen LogP contribution in [0.1, 0.15) is 5.56 Å². The summed E-state index contributed by atoms with van der Waals surface area (Å²) in [6.07, 6.45) is 1.61. The zero-order valence-corrected chi connectivity index (χ0v) is 8.48. The molecule has 0 aromatic heterocycles. The van der Waals surface area contributed by atoms with Crippen LogP contribution in [0.2, 0.25) is 0 Å². The van der Waals surface area contributed by atoms with E-state index in [0.29, 0.717) is 0 Å². The Morgan fingerprint density at radius 3 is 2.85 bits per heavy atom. The molecule has 3 N–H and O–H groups in total. The van der Waals surface area contributed by atoms with Gasteiger partial charge < -0.3 is 5.73 Å². The molecule has 0 fully saturated rings. The van der Waals surface area contributed by atoms with E-state index < -0.39 is 0 Å². The van der Waals surface area contributed by atoms with Gasteiger partial charge in [-0.1, -0.05) is 18.2 Å².